The molecule has 1 heterocycles. The van der Waals surface area contributed by atoms with Gasteiger partial charge < -0.3 is 10.6 Å². The number of para-hydroxylation sites is 1. The minimum atomic E-state index is -0.363. The molecule has 1 aromatic rings. The van der Waals surface area contributed by atoms with Gasteiger partial charge in [-0.2, -0.15) is 0 Å². The summed E-state index contributed by atoms with van der Waals surface area (Å²) in [4.78, 5) is 25.1. The van der Waals surface area contributed by atoms with Gasteiger partial charge >= 0.3 is 0 Å². The van der Waals surface area contributed by atoms with Gasteiger partial charge in [-0.3, -0.25) is 9.59 Å². The van der Waals surface area contributed by atoms with Gasteiger partial charge in [-0.25, -0.2) is 0 Å². The van der Waals surface area contributed by atoms with Crippen LogP contribution in [-0.2, 0) is 9.59 Å². The first kappa shape index (κ1) is 14.9. The SMILES string of the molecule is CCC(C)(C)NC(=O)CC1Sc2ccccc2NC1=O. The zero-order chi connectivity index (χ0) is 14.8. The quantitative estimate of drug-likeness (QED) is 0.897. The zero-order valence-corrected chi connectivity index (χ0v) is 12.8. The topological polar surface area (TPSA) is 58.2 Å². The van der Waals surface area contributed by atoms with E-state index in [0.717, 1.165) is 17.0 Å². The second-order valence-electron chi connectivity index (χ2n) is 5.58. The Bertz CT molecular complexity index is 528. The van der Waals surface area contributed by atoms with E-state index in [4.69, 9.17) is 0 Å². The molecule has 0 saturated carbocycles. The Morgan fingerprint density at radius 1 is 1.40 bits per heavy atom. The molecule has 2 rings (SSSR count). The summed E-state index contributed by atoms with van der Waals surface area (Å²) in [5.74, 6) is -0.179. The Hall–Kier alpha value is -1.49. The summed E-state index contributed by atoms with van der Waals surface area (Å²) in [5.41, 5.74) is 0.596. The molecule has 1 aromatic carbocycles. The van der Waals surface area contributed by atoms with Gasteiger partial charge in [-0.15, -0.1) is 11.8 Å². The van der Waals surface area contributed by atoms with Gasteiger partial charge in [0.15, 0.2) is 0 Å². The molecule has 2 N–H and O–H groups in total. The number of thioether (sulfide) groups is 1. The molecule has 0 aliphatic carbocycles. The van der Waals surface area contributed by atoms with Gasteiger partial charge in [0, 0.05) is 16.9 Å². The van der Waals surface area contributed by atoms with E-state index in [9.17, 15) is 9.59 Å². The highest BCUT2D eigenvalue weighted by molar-refractivity contribution is 8.01. The van der Waals surface area contributed by atoms with Crippen molar-refractivity contribution in [3.63, 3.8) is 0 Å². The Kier molecular flexibility index (Phi) is 4.38. The third-order valence-corrected chi connectivity index (χ3v) is 4.71. The number of benzene rings is 1. The van der Waals surface area contributed by atoms with Crippen LogP contribution >= 0.6 is 11.8 Å². The lowest BCUT2D eigenvalue weighted by Crippen LogP contribution is -2.45. The molecule has 0 bridgehead atoms. The fourth-order valence-corrected chi connectivity index (χ4v) is 3.02. The van der Waals surface area contributed by atoms with Crippen molar-refractivity contribution in [3.8, 4) is 0 Å². The molecule has 20 heavy (non-hydrogen) atoms. The molecule has 0 radical (unpaired) electrons. The standard InChI is InChI=1S/C15H20N2O2S/c1-4-15(2,3)17-13(18)9-12-14(19)16-10-7-5-6-8-11(10)20-12/h5-8,12H,4,9H2,1-3H3,(H,16,19)(H,17,18). The second kappa shape index (κ2) is 5.87. The van der Waals surface area contributed by atoms with Gasteiger partial charge in [0.1, 0.15) is 0 Å². The summed E-state index contributed by atoms with van der Waals surface area (Å²) in [6.07, 6.45) is 1.06. The highest BCUT2D eigenvalue weighted by Crippen LogP contribution is 2.36. The van der Waals surface area contributed by atoms with Crippen molar-refractivity contribution in [1.29, 1.82) is 0 Å². The van der Waals surface area contributed by atoms with Gasteiger partial charge in [0.05, 0.1) is 10.9 Å². The van der Waals surface area contributed by atoms with E-state index in [1.807, 2.05) is 45.0 Å². The molecular weight excluding hydrogens is 272 g/mol. The molecule has 0 aromatic heterocycles. The summed E-state index contributed by atoms with van der Waals surface area (Å²) in [6.45, 7) is 5.99. The summed E-state index contributed by atoms with van der Waals surface area (Å²) in [6, 6.07) is 7.65. The Morgan fingerprint density at radius 3 is 2.80 bits per heavy atom. The number of hydrogen-bond acceptors (Lipinski definition) is 3. The van der Waals surface area contributed by atoms with E-state index in [0.29, 0.717) is 0 Å². The number of hydrogen-bond donors (Lipinski definition) is 2. The van der Waals surface area contributed by atoms with Crippen LogP contribution < -0.4 is 10.6 Å². The molecule has 1 atom stereocenters. The molecule has 0 spiro atoms. The maximum atomic E-state index is 12.0. The van der Waals surface area contributed by atoms with Crippen molar-refractivity contribution in [2.24, 2.45) is 0 Å². The molecule has 0 saturated heterocycles. The van der Waals surface area contributed by atoms with Gasteiger partial charge in [0.25, 0.3) is 0 Å². The van der Waals surface area contributed by atoms with E-state index in [-0.39, 0.29) is 29.0 Å². The Balaban J connectivity index is 2.01. The molecule has 2 amide bonds. The summed E-state index contributed by atoms with van der Waals surface area (Å²) in [7, 11) is 0. The number of nitrogens with one attached hydrogen (secondary N) is 2. The lowest BCUT2D eigenvalue weighted by atomic mass is 10.0. The van der Waals surface area contributed by atoms with Gasteiger partial charge in [0.2, 0.25) is 11.8 Å². The van der Waals surface area contributed by atoms with Crippen LogP contribution in [-0.4, -0.2) is 22.6 Å². The van der Waals surface area contributed by atoms with Crippen LogP contribution in [0.4, 0.5) is 5.69 Å². The van der Waals surface area contributed by atoms with E-state index in [1.54, 1.807) is 0 Å². The zero-order valence-electron chi connectivity index (χ0n) is 12.0. The lowest BCUT2D eigenvalue weighted by molar-refractivity contribution is -0.125. The van der Waals surface area contributed by atoms with Crippen molar-refractivity contribution >= 4 is 29.3 Å². The first-order valence-electron chi connectivity index (χ1n) is 6.79. The number of carbonyl (C=O) groups excluding carboxylic acids is 2. The number of anilines is 1. The van der Waals surface area contributed by atoms with Crippen molar-refractivity contribution in [3.05, 3.63) is 24.3 Å². The third kappa shape index (κ3) is 3.54. The van der Waals surface area contributed by atoms with Crippen LogP contribution in [0.15, 0.2) is 29.2 Å². The molecule has 1 aliphatic rings. The predicted octanol–water partition coefficient (Wildman–Crippen LogP) is 2.79. The molecule has 1 unspecified atom stereocenters. The van der Waals surface area contributed by atoms with Crippen LogP contribution in [0.1, 0.15) is 33.6 Å². The molecular formula is C15H20N2O2S. The number of carbonyl (C=O) groups is 2. The van der Waals surface area contributed by atoms with Crippen molar-refractivity contribution in [2.75, 3.05) is 5.32 Å². The number of fused-ring (bicyclic) bond motifs is 1. The molecule has 4 nitrogen and oxygen atoms in total. The second-order valence-corrected chi connectivity index (χ2v) is 6.83. The first-order chi connectivity index (χ1) is 9.41. The first-order valence-corrected chi connectivity index (χ1v) is 7.67. The summed E-state index contributed by atoms with van der Waals surface area (Å²) in [5, 5.41) is 5.45. The third-order valence-electron chi connectivity index (χ3n) is 3.44. The van der Waals surface area contributed by atoms with Crippen LogP contribution in [0.25, 0.3) is 0 Å². The maximum Gasteiger partial charge on any atom is 0.238 e. The Morgan fingerprint density at radius 2 is 2.10 bits per heavy atom. The van der Waals surface area contributed by atoms with E-state index >= 15 is 0 Å². The van der Waals surface area contributed by atoms with Crippen molar-refractivity contribution in [1.82, 2.24) is 5.32 Å². The van der Waals surface area contributed by atoms with Gasteiger partial charge in [-0.1, -0.05) is 19.1 Å². The van der Waals surface area contributed by atoms with Crippen molar-refractivity contribution < 1.29 is 9.59 Å². The molecule has 1 aliphatic heterocycles. The molecule has 5 heteroatoms. The van der Waals surface area contributed by atoms with Gasteiger partial charge in [-0.05, 0) is 32.4 Å². The number of rotatable bonds is 4. The summed E-state index contributed by atoms with van der Waals surface area (Å²) < 4.78 is 0. The van der Waals surface area contributed by atoms with Crippen molar-refractivity contribution in [2.45, 2.75) is 49.3 Å². The molecule has 108 valence electrons. The highest BCUT2D eigenvalue weighted by Gasteiger charge is 2.30. The average molecular weight is 292 g/mol. The fraction of sp³-hybridized carbons (Fsp3) is 0.467. The maximum absolute atomic E-state index is 12.0. The minimum Gasteiger partial charge on any atom is -0.351 e. The van der Waals surface area contributed by atoms with Crippen LogP contribution in [0.3, 0.4) is 0 Å². The van der Waals surface area contributed by atoms with E-state index < -0.39 is 0 Å². The predicted molar refractivity (Wildman–Crippen MR) is 81.8 cm³/mol. The van der Waals surface area contributed by atoms with Crippen LogP contribution in [0, 0.1) is 0 Å². The molecule has 0 fully saturated rings. The monoisotopic (exact) mass is 292 g/mol. The Labute approximate surface area is 123 Å². The number of amides is 2. The van der Waals surface area contributed by atoms with Crippen LogP contribution in [0.2, 0.25) is 0 Å². The fourth-order valence-electron chi connectivity index (χ4n) is 1.91. The smallest absolute Gasteiger partial charge is 0.238 e. The summed E-state index contributed by atoms with van der Waals surface area (Å²) >= 11 is 1.45. The van der Waals surface area contributed by atoms with E-state index in [1.165, 1.54) is 11.8 Å². The van der Waals surface area contributed by atoms with Crippen LogP contribution in [0.5, 0.6) is 0 Å². The average Bonchev–Trinajstić information content (AvgIpc) is 2.39. The highest BCUT2D eigenvalue weighted by atomic mass is 32.2. The lowest BCUT2D eigenvalue weighted by Gasteiger charge is -2.27. The largest absolute Gasteiger partial charge is 0.351 e. The minimum absolute atomic E-state index is 0.0797. The van der Waals surface area contributed by atoms with E-state index in [2.05, 4.69) is 10.6 Å². The normalized spacial score (nSPS) is 18.1.